The second-order valence-electron chi connectivity index (χ2n) is 4.84. The van der Waals surface area contributed by atoms with Gasteiger partial charge in [-0.2, -0.15) is 0 Å². The molecule has 1 N–H and O–H groups in total. The number of esters is 2. The lowest BCUT2D eigenvalue weighted by Gasteiger charge is -1.99. The van der Waals surface area contributed by atoms with Crippen molar-refractivity contribution in [3.05, 3.63) is 18.2 Å². The van der Waals surface area contributed by atoms with Crippen LogP contribution >= 0.6 is 0 Å². The molecule has 0 atom stereocenters. The Kier molecular flexibility index (Phi) is 10.3. The van der Waals surface area contributed by atoms with Crippen molar-refractivity contribution < 1.29 is 48.2 Å². The zero-order valence-corrected chi connectivity index (χ0v) is 13.4. The van der Waals surface area contributed by atoms with Crippen LogP contribution in [0.3, 0.4) is 0 Å². The van der Waals surface area contributed by atoms with Gasteiger partial charge in [-0.25, -0.2) is 9.59 Å². The van der Waals surface area contributed by atoms with E-state index in [1.165, 1.54) is 5.94 Å². The second-order valence-corrected chi connectivity index (χ2v) is 4.84. The Morgan fingerprint density at radius 2 is 1.42 bits per heavy atom. The zero-order valence-electron chi connectivity index (χ0n) is 13.4. The third-order valence-corrected chi connectivity index (χ3v) is 2.49. The van der Waals surface area contributed by atoms with Crippen LogP contribution < -0.4 is 0 Å². The van der Waals surface area contributed by atoms with Crippen molar-refractivity contribution in [2.24, 2.45) is 0 Å². The monoisotopic (exact) mass is 366 g/mol. The average molecular weight is 366 g/mol. The molecular weight excluding hydrogens is 352 g/mol. The molecule has 0 saturated heterocycles. The van der Waals surface area contributed by atoms with Gasteiger partial charge in [0.15, 0.2) is 17.3 Å². The van der Waals surface area contributed by atoms with E-state index in [9.17, 15) is 38.4 Å². The first kappa shape index (κ1) is 22.5. The number of aliphatic carboxylic acids is 1. The molecule has 10 heteroatoms. The van der Waals surface area contributed by atoms with Gasteiger partial charge in [0.1, 0.15) is 24.6 Å². The Morgan fingerprint density at radius 1 is 0.808 bits per heavy atom. The van der Waals surface area contributed by atoms with Gasteiger partial charge in [-0.1, -0.05) is 0 Å². The number of carboxylic acid groups (broad SMARTS) is 1. The van der Waals surface area contributed by atoms with E-state index in [0.29, 0.717) is 12.2 Å². The summed E-state index contributed by atoms with van der Waals surface area (Å²) < 4.78 is 4.21. The molecule has 0 saturated carbocycles. The van der Waals surface area contributed by atoms with E-state index in [4.69, 9.17) is 5.11 Å². The highest BCUT2D eigenvalue weighted by Gasteiger charge is 2.17. The topological polar surface area (TPSA) is 166 Å². The van der Waals surface area contributed by atoms with Gasteiger partial charge >= 0.3 is 17.9 Å². The average Bonchev–Trinajstić information content (AvgIpc) is 2.49. The highest BCUT2D eigenvalue weighted by Crippen LogP contribution is 1.99. The first-order chi connectivity index (χ1) is 12.1. The minimum Gasteiger partial charge on any atom is -0.481 e. The predicted molar refractivity (Wildman–Crippen MR) is 81.3 cm³/mol. The molecule has 0 spiro atoms. The van der Waals surface area contributed by atoms with Gasteiger partial charge in [-0.15, -0.1) is 0 Å². The summed E-state index contributed by atoms with van der Waals surface area (Å²) in [6.07, 6.45) is -1.32. The SMILES string of the molecule is O=C=CCC(=O)CC(=O)CC(=O)OC(=O)C=CC(=O)CC(=O)CC(=O)O. The summed E-state index contributed by atoms with van der Waals surface area (Å²) in [7, 11) is 0. The largest absolute Gasteiger partial charge is 0.481 e. The van der Waals surface area contributed by atoms with Crippen molar-refractivity contribution in [1.29, 1.82) is 0 Å². The number of ether oxygens (including phenoxy) is 1. The van der Waals surface area contributed by atoms with Crippen LogP contribution in [0.15, 0.2) is 18.2 Å². The van der Waals surface area contributed by atoms with Gasteiger partial charge < -0.3 is 9.84 Å². The van der Waals surface area contributed by atoms with Crippen LogP contribution in [0.4, 0.5) is 0 Å². The van der Waals surface area contributed by atoms with Crippen molar-refractivity contribution in [1.82, 2.24) is 0 Å². The fraction of sp³-hybridized carbons (Fsp3) is 0.312. The summed E-state index contributed by atoms with van der Waals surface area (Å²) in [5.74, 6) is -5.76. The maximum absolute atomic E-state index is 11.4. The smallest absolute Gasteiger partial charge is 0.338 e. The molecule has 0 aliphatic heterocycles. The Labute approximate surface area is 146 Å². The van der Waals surface area contributed by atoms with Gasteiger partial charge in [-0.3, -0.25) is 28.8 Å². The third kappa shape index (κ3) is 12.0. The Balaban J connectivity index is 4.31. The van der Waals surface area contributed by atoms with E-state index in [1.54, 1.807) is 0 Å². The van der Waals surface area contributed by atoms with Gasteiger partial charge in [0.2, 0.25) is 0 Å². The predicted octanol–water partition coefficient (Wildman–Crippen LogP) is -0.688. The Morgan fingerprint density at radius 3 is 2.00 bits per heavy atom. The van der Waals surface area contributed by atoms with Crippen molar-refractivity contribution in [3.63, 3.8) is 0 Å². The molecule has 0 aromatic carbocycles. The molecule has 0 fully saturated rings. The third-order valence-electron chi connectivity index (χ3n) is 2.49. The van der Waals surface area contributed by atoms with E-state index in [-0.39, 0.29) is 6.42 Å². The number of carbonyl (C=O) groups excluding carboxylic acids is 7. The lowest BCUT2D eigenvalue weighted by molar-refractivity contribution is -0.157. The molecule has 0 amide bonds. The van der Waals surface area contributed by atoms with Gasteiger partial charge in [-0.05, 0) is 6.08 Å². The minimum atomic E-state index is -1.40. The van der Waals surface area contributed by atoms with Crippen LogP contribution in [0, 0.1) is 0 Å². The maximum Gasteiger partial charge on any atom is 0.338 e. The number of hydrogen-bond donors (Lipinski definition) is 1. The molecule has 0 bridgehead atoms. The van der Waals surface area contributed by atoms with Crippen LogP contribution in [-0.2, 0) is 43.1 Å². The molecule has 0 radical (unpaired) electrons. The molecule has 138 valence electrons. The number of allylic oxidation sites excluding steroid dienone is 2. The molecule has 0 aromatic rings. The number of hydrogen-bond acceptors (Lipinski definition) is 9. The molecule has 26 heavy (non-hydrogen) atoms. The van der Waals surface area contributed by atoms with E-state index in [2.05, 4.69) is 4.74 Å². The lowest BCUT2D eigenvalue weighted by Crippen LogP contribution is -2.17. The molecule has 0 rings (SSSR count). The Hall–Kier alpha value is -3.52. The Bertz CT molecular complexity index is 707. The number of ketones is 4. The van der Waals surface area contributed by atoms with Crippen molar-refractivity contribution in [2.45, 2.75) is 32.1 Å². The number of rotatable bonds is 12. The first-order valence-electron chi connectivity index (χ1n) is 7.05. The molecule has 10 nitrogen and oxygen atoms in total. The van der Waals surface area contributed by atoms with Crippen LogP contribution in [0.1, 0.15) is 32.1 Å². The molecule has 0 aliphatic rings. The minimum absolute atomic E-state index is 0.311. The van der Waals surface area contributed by atoms with Gasteiger partial charge in [0.05, 0.1) is 12.8 Å². The maximum atomic E-state index is 11.4. The number of Topliss-reactive ketones (excluding diaryl/α,β-unsaturated/α-hetero) is 3. The van der Waals surface area contributed by atoms with Gasteiger partial charge in [0, 0.05) is 18.6 Å². The fourth-order valence-corrected chi connectivity index (χ4v) is 1.50. The van der Waals surface area contributed by atoms with Crippen molar-refractivity contribution in [3.8, 4) is 0 Å². The standard InChI is InChI=1S/C16H14O10/c17-5-1-2-10(18)6-13(21)9-16(25)26-15(24)4-3-11(19)7-12(20)8-14(22)23/h1,3-4H,2,6-9H2,(H,22,23). The fourth-order valence-electron chi connectivity index (χ4n) is 1.50. The molecule has 0 heterocycles. The molecular formula is C16H14O10. The lowest BCUT2D eigenvalue weighted by atomic mass is 10.1. The quantitative estimate of drug-likeness (QED) is 0.202. The van der Waals surface area contributed by atoms with E-state index in [1.807, 2.05) is 0 Å². The number of carboxylic acids is 1. The summed E-state index contributed by atoms with van der Waals surface area (Å²) in [5.41, 5.74) is 0. The highest BCUT2D eigenvalue weighted by molar-refractivity contribution is 6.11. The van der Waals surface area contributed by atoms with Crippen LogP contribution in [-0.4, -0.2) is 52.1 Å². The van der Waals surface area contributed by atoms with Crippen LogP contribution in [0.2, 0.25) is 0 Å². The molecule has 0 unspecified atom stereocenters. The summed E-state index contributed by atoms with van der Waals surface area (Å²) >= 11 is 0. The molecule has 0 aromatic heterocycles. The van der Waals surface area contributed by atoms with E-state index < -0.39 is 66.7 Å². The van der Waals surface area contributed by atoms with E-state index >= 15 is 0 Å². The van der Waals surface area contributed by atoms with Crippen molar-refractivity contribution in [2.75, 3.05) is 0 Å². The summed E-state index contributed by atoms with van der Waals surface area (Å²) in [4.78, 5) is 87.7. The second kappa shape index (κ2) is 11.9. The van der Waals surface area contributed by atoms with Crippen LogP contribution in [0.25, 0.3) is 0 Å². The van der Waals surface area contributed by atoms with Gasteiger partial charge in [0.25, 0.3) is 0 Å². The molecule has 0 aliphatic carbocycles. The zero-order chi connectivity index (χ0) is 20.1. The highest BCUT2D eigenvalue weighted by atomic mass is 16.6. The summed E-state index contributed by atoms with van der Waals surface area (Å²) in [5, 5.41) is 8.35. The summed E-state index contributed by atoms with van der Waals surface area (Å²) in [6.45, 7) is 0. The first-order valence-corrected chi connectivity index (χ1v) is 7.05. The van der Waals surface area contributed by atoms with Crippen molar-refractivity contribution >= 4 is 47.0 Å². The normalized spacial score (nSPS) is 9.85. The van der Waals surface area contributed by atoms with Crippen LogP contribution in [0.5, 0.6) is 0 Å². The number of carbonyl (C=O) groups is 7. The summed E-state index contributed by atoms with van der Waals surface area (Å²) in [6, 6.07) is 0. The van der Waals surface area contributed by atoms with E-state index in [0.717, 1.165) is 6.08 Å².